The SMILES string of the molecule is CC(C)CN(CCC#N)CCCCCCCCCS. The van der Waals surface area contributed by atoms with E-state index in [0.717, 1.165) is 25.4 Å². The van der Waals surface area contributed by atoms with Gasteiger partial charge in [0.15, 0.2) is 0 Å². The zero-order valence-electron chi connectivity index (χ0n) is 12.9. The van der Waals surface area contributed by atoms with Gasteiger partial charge in [0, 0.05) is 19.5 Å². The molecule has 0 saturated heterocycles. The van der Waals surface area contributed by atoms with Gasteiger partial charge in [-0.05, 0) is 31.1 Å². The highest BCUT2D eigenvalue weighted by Gasteiger charge is 2.06. The Morgan fingerprint density at radius 2 is 1.53 bits per heavy atom. The number of unbranched alkanes of at least 4 members (excludes halogenated alkanes) is 6. The van der Waals surface area contributed by atoms with E-state index in [1.165, 1.54) is 44.9 Å². The molecule has 0 unspecified atom stereocenters. The molecule has 0 N–H and O–H groups in total. The largest absolute Gasteiger partial charge is 0.302 e. The molecule has 0 aliphatic rings. The van der Waals surface area contributed by atoms with Crippen molar-refractivity contribution >= 4 is 12.6 Å². The van der Waals surface area contributed by atoms with Crippen molar-refractivity contribution in [3.8, 4) is 6.07 Å². The summed E-state index contributed by atoms with van der Waals surface area (Å²) in [5.74, 6) is 1.73. The molecule has 0 aromatic rings. The van der Waals surface area contributed by atoms with Crippen LogP contribution in [0.15, 0.2) is 0 Å². The van der Waals surface area contributed by atoms with Crippen LogP contribution in [0.1, 0.15) is 65.2 Å². The van der Waals surface area contributed by atoms with E-state index in [9.17, 15) is 0 Å². The summed E-state index contributed by atoms with van der Waals surface area (Å²) in [6, 6.07) is 2.25. The first kappa shape index (κ1) is 18.8. The van der Waals surface area contributed by atoms with Crippen LogP contribution in [0.2, 0.25) is 0 Å². The minimum atomic E-state index is 0.663. The normalized spacial score (nSPS) is 11.2. The minimum absolute atomic E-state index is 0.663. The van der Waals surface area contributed by atoms with E-state index in [1.54, 1.807) is 0 Å². The third kappa shape index (κ3) is 14.0. The molecule has 0 fully saturated rings. The average Bonchev–Trinajstić information content (AvgIpc) is 2.38. The van der Waals surface area contributed by atoms with E-state index < -0.39 is 0 Å². The quantitative estimate of drug-likeness (QED) is 0.398. The molecule has 2 nitrogen and oxygen atoms in total. The Labute approximate surface area is 126 Å². The summed E-state index contributed by atoms with van der Waals surface area (Å²) in [5, 5.41) is 8.68. The van der Waals surface area contributed by atoms with Gasteiger partial charge in [-0.3, -0.25) is 0 Å². The summed E-state index contributed by atoms with van der Waals surface area (Å²) in [6.07, 6.45) is 9.98. The van der Waals surface area contributed by atoms with Crippen molar-refractivity contribution in [2.75, 3.05) is 25.4 Å². The molecule has 0 bridgehead atoms. The smallest absolute Gasteiger partial charge is 0.0635 e. The van der Waals surface area contributed by atoms with Crippen molar-refractivity contribution < 1.29 is 0 Å². The van der Waals surface area contributed by atoms with Crippen LogP contribution in [-0.2, 0) is 0 Å². The predicted molar refractivity (Wildman–Crippen MR) is 87.7 cm³/mol. The van der Waals surface area contributed by atoms with E-state index >= 15 is 0 Å². The minimum Gasteiger partial charge on any atom is -0.302 e. The third-order valence-corrected chi connectivity index (χ3v) is 3.61. The monoisotopic (exact) mass is 284 g/mol. The van der Waals surface area contributed by atoms with Crippen LogP contribution >= 0.6 is 12.6 Å². The van der Waals surface area contributed by atoms with Crippen molar-refractivity contribution in [2.24, 2.45) is 5.92 Å². The number of nitriles is 1. The Hall–Kier alpha value is -0.200. The molecule has 0 aromatic heterocycles. The maximum absolute atomic E-state index is 8.68. The molecule has 0 rings (SSSR count). The molecule has 0 aliphatic heterocycles. The summed E-state index contributed by atoms with van der Waals surface area (Å²) >= 11 is 4.23. The fourth-order valence-corrected chi connectivity index (χ4v) is 2.57. The molecule has 0 aliphatic carbocycles. The lowest BCUT2D eigenvalue weighted by Gasteiger charge is -2.23. The fourth-order valence-electron chi connectivity index (χ4n) is 2.35. The van der Waals surface area contributed by atoms with Crippen LogP contribution < -0.4 is 0 Å². The molecule has 0 saturated carbocycles. The lowest BCUT2D eigenvalue weighted by Crippen LogP contribution is -2.29. The molecule has 3 heteroatoms. The van der Waals surface area contributed by atoms with E-state index in [1.807, 2.05) is 0 Å². The first-order valence-corrected chi connectivity index (χ1v) is 8.54. The molecular formula is C16H32N2S. The van der Waals surface area contributed by atoms with Gasteiger partial charge in [-0.2, -0.15) is 17.9 Å². The zero-order valence-corrected chi connectivity index (χ0v) is 13.8. The Morgan fingerprint density at radius 1 is 0.947 bits per heavy atom. The molecular weight excluding hydrogens is 252 g/mol. The van der Waals surface area contributed by atoms with Crippen molar-refractivity contribution in [2.45, 2.75) is 65.2 Å². The van der Waals surface area contributed by atoms with Crippen LogP contribution in [0.3, 0.4) is 0 Å². The first-order chi connectivity index (χ1) is 9.20. The van der Waals surface area contributed by atoms with Gasteiger partial charge in [-0.15, -0.1) is 0 Å². The highest BCUT2D eigenvalue weighted by molar-refractivity contribution is 7.80. The average molecular weight is 285 g/mol. The standard InChI is InChI=1S/C16H32N2S/c1-16(2)15-18(13-10-11-17)12-8-6-4-3-5-7-9-14-19/h16,19H,3-10,12-15H2,1-2H3. The topological polar surface area (TPSA) is 27.0 Å². The van der Waals surface area contributed by atoms with E-state index in [-0.39, 0.29) is 0 Å². The second-order valence-electron chi connectivity index (χ2n) is 5.80. The number of hydrogen-bond acceptors (Lipinski definition) is 3. The third-order valence-electron chi connectivity index (χ3n) is 3.30. The molecule has 0 aromatic carbocycles. The van der Waals surface area contributed by atoms with Gasteiger partial charge in [0.2, 0.25) is 0 Å². The molecule has 0 atom stereocenters. The van der Waals surface area contributed by atoms with Crippen LogP contribution in [0.25, 0.3) is 0 Å². The van der Waals surface area contributed by atoms with Gasteiger partial charge in [0.05, 0.1) is 6.07 Å². The van der Waals surface area contributed by atoms with Gasteiger partial charge >= 0.3 is 0 Å². The van der Waals surface area contributed by atoms with Gasteiger partial charge in [-0.25, -0.2) is 0 Å². The number of nitrogens with zero attached hydrogens (tertiary/aromatic N) is 2. The van der Waals surface area contributed by atoms with E-state index in [2.05, 4.69) is 37.4 Å². The second kappa shape index (κ2) is 14.2. The van der Waals surface area contributed by atoms with Crippen LogP contribution in [0, 0.1) is 17.2 Å². The lowest BCUT2D eigenvalue weighted by molar-refractivity contribution is 0.243. The lowest BCUT2D eigenvalue weighted by atomic mass is 10.1. The molecule has 112 valence electrons. The van der Waals surface area contributed by atoms with Crippen LogP contribution in [-0.4, -0.2) is 30.3 Å². The Bertz CT molecular complexity index is 223. The van der Waals surface area contributed by atoms with Crippen LogP contribution in [0.5, 0.6) is 0 Å². The summed E-state index contributed by atoms with van der Waals surface area (Å²) in [6.45, 7) is 7.73. The van der Waals surface area contributed by atoms with Gasteiger partial charge in [-0.1, -0.05) is 46.0 Å². The van der Waals surface area contributed by atoms with Crippen molar-refractivity contribution in [3.05, 3.63) is 0 Å². The van der Waals surface area contributed by atoms with Crippen molar-refractivity contribution in [3.63, 3.8) is 0 Å². The highest BCUT2D eigenvalue weighted by atomic mass is 32.1. The maximum Gasteiger partial charge on any atom is 0.0635 e. The van der Waals surface area contributed by atoms with Crippen molar-refractivity contribution in [1.82, 2.24) is 4.90 Å². The molecule has 0 radical (unpaired) electrons. The van der Waals surface area contributed by atoms with Gasteiger partial charge < -0.3 is 4.90 Å². The second-order valence-corrected chi connectivity index (χ2v) is 6.25. The highest BCUT2D eigenvalue weighted by Crippen LogP contribution is 2.09. The van der Waals surface area contributed by atoms with Crippen molar-refractivity contribution in [1.29, 1.82) is 5.26 Å². The molecule has 0 amide bonds. The maximum atomic E-state index is 8.68. The molecule has 19 heavy (non-hydrogen) atoms. The number of thiol groups is 1. The summed E-state index contributed by atoms with van der Waals surface area (Å²) in [4.78, 5) is 2.45. The molecule has 0 heterocycles. The Balaban J connectivity index is 3.49. The molecule has 0 spiro atoms. The summed E-state index contributed by atoms with van der Waals surface area (Å²) in [5.41, 5.74) is 0. The number of hydrogen-bond donors (Lipinski definition) is 1. The number of rotatable bonds is 13. The van der Waals surface area contributed by atoms with Gasteiger partial charge in [0.1, 0.15) is 0 Å². The zero-order chi connectivity index (χ0) is 14.3. The summed E-state index contributed by atoms with van der Waals surface area (Å²) < 4.78 is 0. The Morgan fingerprint density at radius 3 is 2.05 bits per heavy atom. The van der Waals surface area contributed by atoms with E-state index in [4.69, 9.17) is 5.26 Å². The fraction of sp³-hybridized carbons (Fsp3) is 0.938. The van der Waals surface area contributed by atoms with E-state index in [0.29, 0.717) is 12.3 Å². The Kier molecular flexibility index (Phi) is 14.1. The van der Waals surface area contributed by atoms with Crippen LogP contribution in [0.4, 0.5) is 0 Å². The summed E-state index contributed by atoms with van der Waals surface area (Å²) in [7, 11) is 0. The van der Waals surface area contributed by atoms with Gasteiger partial charge in [0.25, 0.3) is 0 Å². The predicted octanol–water partition coefficient (Wildman–Crippen LogP) is 4.52. The first-order valence-electron chi connectivity index (χ1n) is 7.91.